The smallest absolute Gasteiger partial charge is 0.283 e. The van der Waals surface area contributed by atoms with E-state index in [0.717, 1.165) is 6.07 Å². The summed E-state index contributed by atoms with van der Waals surface area (Å²) in [5, 5.41) is 13.8. The molecule has 1 amide bonds. The van der Waals surface area contributed by atoms with E-state index in [1.807, 2.05) is 0 Å². The molecule has 0 heterocycles. The van der Waals surface area contributed by atoms with Gasteiger partial charge in [0.1, 0.15) is 17.1 Å². The number of nitrogens with zero attached hydrogens (tertiary/aromatic N) is 1. The van der Waals surface area contributed by atoms with Crippen molar-refractivity contribution in [2.24, 2.45) is 0 Å². The van der Waals surface area contributed by atoms with E-state index < -0.39 is 10.8 Å². The number of nitro benzene ring substituents is 1. The third kappa shape index (κ3) is 3.89. The van der Waals surface area contributed by atoms with Crippen LogP contribution in [0.25, 0.3) is 0 Å². The number of anilines is 1. The highest BCUT2D eigenvalue weighted by Gasteiger charge is 2.21. The molecule has 120 valence electrons. The molecule has 0 fully saturated rings. The number of nitro groups is 1. The zero-order chi connectivity index (χ0) is 17.0. The first-order valence-electron chi connectivity index (χ1n) is 6.43. The number of benzene rings is 2. The molecule has 0 aliphatic carbocycles. The van der Waals surface area contributed by atoms with Crippen molar-refractivity contribution in [1.82, 2.24) is 0 Å². The summed E-state index contributed by atoms with van der Waals surface area (Å²) in [5.41, 5.74) is -0.0819. The summed E-state index contributed by atoms with van der Waals surface area (Å²) in [6.45, 7) is 0. The van der Waals surface area contributed by atoms with Crippen LogP contribution in [0.3, 0.4) is 0 Å². The van der Waals surface area contributed by atoms with E-state index in [1.165, 1.54) is 26.4 Å². The molecule has 0 spiro atoms. The Hall–Kier alpha value is -2.80. The molecule has 0 atom stereocenters. The number of amides is 1. The lowest BCUT2D eigenvalue weighted by Gasteiger charge is -2.10. The lowest BCUT2D eigenvalue weighted by Crippen LogP contribution is -2.14. The van der Waals surface area contributed by atoms with E-state index in [-0.39, 0.29) is 16.3 Å². The van der Waals surface area contributed by atoms with Gasteiger partial charge >= 0.3 is 0 Å². The number of carbonyl (C=O) groups is 1. The third-order valence-corrected chi connectivity index (χ3v) is 3.25. The molecule has 0 bridgehead atoms. The van der Waals surface area contributed by atoms with Gasteiger partial charge in [-0.05, 0) is 12.1 Å². The largest absolute Gasteiger partial charge is 0.497 e. The van der Waals surface area contributed by atoms with Crippen LogP contribution < -0.4 is 14.8 Å². The van der Waals surface area contributed by atoms with Crippen LogP contribution in [0.4, 0.5) is 11.4 Å². The summed E-state index contributed by atoms with van der Waals surface area (Å²) >= 11 is 5.74. The molecule has 8 heteroatoms. The van der Waals surface area contributed by atoms with Gasteiger partial charge in [0, 0.05) is 35.0 Å². The van der Waals surface area contributed by atoms with E-state index in [1.54, 1.807) is 18.2 Å². The summed E-state index contributed by atoms with van der Waals surface area (Å²) in [4.78, 5) is 22.7. The normalized spacial score (nSPS) is 10.0. The number of halogens is 1. The van der Waals surface area contributed by atoms with Crippen LogP contribution in [0.1, 0.15) is 10.4 Å². The Bertz CT molecular complexity index is 741. The molecule has 2 aromatic rings. The van der Waals surface area contributed by atoms with Crippen molar-refractivity contribution in [2.45, 2.75) is 0 Å². The van der Waals surface area contributed by atoms with Crippen LogP contribution in [0.5, 0.6) is 11.5 Å². The first kappa shape index (κ1) is 16.6. The maximum atomic E-state index is 12.3. The number of hydrogen-bond acceptors (Lipinski definition) is 5. The second-order valence-electron chi connectivity index (χ2n) is 4.47. The van der Waals surface area contributed by atoms with Gasteiger partial charge in [0.2, 0.25) is 0 Å². The van der Waals surface area contributed by atoms with Crippen LogP contribution in [-0.2, 0) is 0 Å². The monoisotopic (exact) mass is 336 g/mol. The average molecular weight is 337 g/mol. The van der Waals surface area contributed by atoms with Crippen LogP contribution >= 0.6 is 11.6 Å². The van der Waals surface area contributed by atoms with Gasteiger partial charge in [-0.2, -0.15) is 0 Å². The Balaban J connectivity index is 2.34. The van der Waals surface area contributed by atoms with Gasteiger partial charge in [-0.1, -0.05) is 11.6 Å². The predicted octanol–water partition coefficient (Wildman–Crippen LogP) is 3.52. The molecule has 0 saturated carbocycles. The van der Waals surface area contributed by atoms with Gasteiger partial charge in [0.25, 0.3) is 11.6 Å². The van der Waals surface area contributed by atoms with Crippen LogP contribution in [0.2, 0.25) is 5.02 Å². The Kier molecular flexibility index (Phi) is 5.02. The average Bonchev–Trinajstić information content (AvgIpc) is 2.54. The molecule has 0 saturated heterocycles. The topological polar surface area (TPSA) is 90.7 Å². The van der Waals surface area contributed by atoms with Gasteiger partial charge in [-0.25, -0.2) is 0 Å². The van der Waals surface area contributed by atoms with Crippen LogP contribution in [-0.4, -0.2) is 25.1 Å². The summed E-state index contributed by atoms with van der Waals surface area (Å²) < 4.78 is 10.2. The van der Waals surface area contributed by atoms with Crippen molar-refractivity contribution >= 4 is 28.9 Å². The molecule has 0 unspecified atom stereocenters. The van der Waals surface area contributed by atoms with E-state index in [4.69, 9.17) is 21.1 Å². The highest BCUT2D eigenvalue weighted by molar-refractivity contribution is 6.31. The lowest BCUT2D eigenvalue weighted by atomic mass is 10.1. The number of hydrogen-bond donors (Lipinski definition) is 1. The molecule has 7 nitrogen and oxygen atoms in total. The summed E-state index contributed by atoms with van der Waals surface area (Å²) in [5.74, 6) is 0.319. The Morgan fingerprint density at radius 2 is 1.74 bits per heavy atom. The highest BCUT2D eigenvalue weighted by Crippen LogP contribution is 2.28. The Morgan fingerprint density at radius 1 is 1.13 bits per heavy atom. The second-order valence-corrected chi connectivity index (χ2v) is 4.91. The second kappa shape index (κ2) is 6.97. The van der Waals surface area contributed by atoms with Crippen molar-refractivity contribution in [1.29, 1.82) is 0 Å². The van der Waals surface area contributed by atoms with Crippen molar-refractivity contribution in [3.63, 3.8) is 0 Å². The standard InChI is InChI=1S/C15H13ClN2O5/c1-22-11-6-10(7-12(8-11)23-2)17-15(19)13-4-3-9(16)5-14(13)18(20)21/h3-8H,1-2H3,(H,17,19). The molecule has 0 aromatic heterocycles. The molecule has 0 radical (unpaired) electrons. The van der Waals surface area contributed by atoms with Gasteiger partial charge in [0.15, 0.2) is 0 Å². The molecule has 0 aliphatic rings. The van der Waals surface area contributed by atoms with Crippen LogP contribution in [0, 0.1) is 10.1 Å². The van der Waals surface area contributed by atoms with E-state index in [0.29, 0.717) is 17.2 Å². The number of nitrogens with one attached hydrogen (secondary N) is 1. The minimum Gasteiger partial charge on any atom is -0.497 e. The molecular formula is C15H13ClN2O5. The molecule has 2 rings (SSSR count). The minimum atomic E-state index is -0.660. The predicted molar refractivity (Wildman–Crippen MR) is 85.6 cm³/mol. The molecular weight excluding hydrogens is 324 g/mol. The van der Waals surface area contributed by atoms with Gasteiger partial charge < -0.3 is 14.8 Å². The maximum absolute atomic E-state index is 12.3. The first-order valence-corrected chi connectivity index (χ1v) is 6.80. The SMILES string of the molecule is COc1cc(NC(=O)c2ccc(Cl)cc2[N+](=O)[O-])cc(OC)c1. The highest BCUT2D eigenvalue weighted by atomic mass is 35.5. The number of rotatable bonds is 5. The Morgan fingerprint density at radius 3 is 2.26 bits per heavy atom. The third-order valence-electron chi connectivity index (χ3n) is 3.01. The van der Waals surface area contributed by atoms with E-state index in [2.05, 4.69) is 5.32 Å². The number of carbonyl (C=O) groups excluding carboxylic acids is 1. The van der Waals surface area contributed by atoms with Crippen molar-refractivity contribution in [3.05, 3.63) is 57.1 Å². The fourth-order valence-corrected chi connectivity index (χ4v) is 2.09. The van der Waals surface area contributed by atoms with E-state index >= 15 is 0 Å². The summed E-state index contributed by atoms with van der Waals surface area (Å²) in [7, 11) is 2.95. The number of methoxy groups -OCH3 is 2. The van der Waals surface area contributed by atoms with Crippen molar-refractivity contribution in [2.75, 3.05) is 19.5 Å². The van der Waals surface area contributed by atoms with Gasteiger partial charge in [-0.15, -0.1) is 0 Å². The molecule has 2 aromatic carbocycles. The van der Waals surface area contributed by atoms with Gasteiger partial charge in [0.05, 0.1) is 19.1 Å². The Labute approximate surface area is 136 Å². The fraction of sp³-hybridized carbons (Fsp3) is 0.133. The maximum Gasteiger partial charge on any atom is 0.283 e. The first-order chi connectivity index (χ1) is 10.9. The quantitative estimate of drug-likeness (QED) is 0.666. The van der Waals surface area contributed by atoms with Crippen LogP contribution in [0.15, 0.2) is 36.4 Å². The van der Waals surface area contributed by atoms with Gasteiger partial charge in [-0.3, -0.25) is 14.9 Å². The summed E-state index contributed by atoms with van der Waals surface area (Å²) in [6, 6.07) is 8.62. The number of ether oxygens (including phenoxy) is 2. The minimum absolute atomic E-state index is 0.0961. The van der Waals surface area contributed by atoms with Crippen molar-refractivity contribution in [3.8, 4) is 11.5 Å². The zero-order valence-corrected chi connectivity index (χ0v) is 13.1. The molecule has 23 heavy (non-hydrogen) atoms. The molecule has 0 aliphatic heterocycles. The van der Waals surface area contributed by atoms with E-state index in [9.17, 15) is 14.9 Å². The lowest BCUT2D eigenvalue weighted by molar-refractivity contribution is -0.385. The van der Waals surface area contributed by atoms with Crippen molar-refractivity contribution < 1.29 is 19.2 Å². The molecule has 1 N–H and O–H groups in total. The fourth-order valence-electron chi connectivity index (χ4n) is 1.93. The zero-order valence-electron chi connectivity index (χ0n) is 12.3. The summed E-state index contributed by atoms with van der Waals surface area (Å²) in [6.07, 6.45) is 0.